The highest BCUT2D eigenvalue weighted by atomic mass is 19.4. The van der Waals surface area contributed by atoms with Gasteiger partial charge in [-0.2, -0.15) is 0 Å². The maximum absolute atomic E-state index is 13.1. The first-order chi connectivity index (χ1) is 8.13. The number of rotatable bonds is 3. The predicted molar refractivity (Wildman–Crippen MR) is 50.1 cm³/mol. The number of hydrogen-bond acceptors (Lipinski definition) is 4. The summed E-state index contributed by atoms with van der Waals surface area (Å²) in [5, 5.41) is 17.6. The third-order valence-corrected chi connectivity index (χ3v) is 1.93. The molecule has 18 heavy (non-hydrogen) atoms. The molecule has 0 aliphatic heterocycles. The summed E-state index contributed by atoms with van der Waals surface area (Å²) in [6, 6.07) is 1.27. The average Bonchev–Trinajstić information content (AvgIpc) is 2.22. The Morgan fingerprint density at radius 2 is 1.94 bits per heavy atom. The van der Waals surface area contributed by atoms with Gasteiger partial charge in [0.1, 0.15) is 0 Å². The largest absolute Gasteiger partial charge is 0.573 e. The van der Waals surface area contributed by atoms with Gasteiger partial charge in [0.15, 0.2) is 17.7 Å². The van der Waals surface area contributed by atoms with Crippen LogP contribution in [0, 0.1) is 5.82 Å². The number of hydrogen-bond donors (Lipinski definition) is 3. The lowest BCUT2D eigenvalue weighted by atomic mass is 10.1. The molecule has 0 spiro atoms. The molecule has 0 bridgehead atoms. The smallest absolute Gasteiger partial charge is 0.479 e. The molecule has 0 aromatic heterocycles. The van der Waals surface area contributed by atoms with E-state index in [1.54, 1.807) is 0 Å². The number of halogens is 4. The second-order valence-electron chi connectivity index (χ2n) is 3.17. The van der Waals surface area contributed by atoms with Gasteiger partial charge in [-0.05, 0) is 6.07 Å². The number of aliphatic hydroxyl groups is 1. The molecule has 1 aromatic carbocycles. The van der Waals surface area contributed by atoms with E-state index in [0.717, 1.165) is 6.07 Å². The van der Waals surface area contributed by atoms with Gasteiger partial charge < -0.3 is 20.7 Å². The lowest BCUT2D eigenvalue weighted by Gasteiger charge is -2.15. The van der Waals surface area contributed by atoms with Crippen molar-refractivity contribution in [3.63, 3.8) is 0 Å². The summed E-state index contributed by atoms with van der Waals surface area (Å²) >= 11 is 0. The fourth-order valence-corrected chi connectivity index (χ4v) is 1.18. The van der Waals surface area contributed by atoms with Crippen molar-refractivity contribution < 1.29 is 37.3 Å². The first kappa shape index (κ1) is 14.0. The molecule has 0 amide bonds. The van der Waals surface area contributed by atoms with Crippen LogP contribution in [0.1, 0.15) is 11.7 Å². The van der Waals surface area contributed by atoms with Gasteiger partial charge in [0.05, 0.1) is 5.69 Å². The monoisotopic (exact) mass is 269 g/mol. The van der Waals surface area contributed by atoms with Crippen LogP contribution in [0.15, 0.2) is 12.1 Å². The zero-order chi connectivity index (χ0) is 14.1. The van der Waals surface area contributed by atoms with E-state index in [-0.39, 0.29) is 0 Å². The molecule has 5 nitrogen and oxygen atoms in total. The minimum absolute atomic E-state index is 0.513. The Morgan fingerprint density at radius 3 is 2.39 bits per heavy atom. The Morgan fingerprint density at radius 1 is 1.39 bits per heavy atom. The summed E-state index contributed by atoms with van der Waals surface area (Å²) in [5.41, 5.74) is 3.62. The van der Waals surface area contributed by atoms with Crippen LogP contribution in [0.3, 0.4) is 0 Å². The molecular weight excluding hydrogens is 262 g/mol. The minimum Gasteiger partial charge on any atom is -0.479 e. The minimum atomic E-state index is -5.19. The van der Waals surface area contributed by atoms with Gasteiger partial charge in [-0.3, -0.25) is 0 Å². The normalized spacial score (nSPS) is 13.2. The molecule has 0 fully saturated rings. The van der Waals surface area contributed by atoms with E-state index in [1.807, 2.05) is 0 Å². The zero-order valence-corrected chi connectivity index (χ0v) is 8.53. The fraction of sp³-hybridized carbons (Fsp3) is 0.222. The number of aliphatic carboxylic acids is 1. The molecule has 9 heteroatoms. The van der Waals surface area contributed by atoms with Gasteiger partial charge in [0.25, 0.3) is 0 Å². The van der Waals surface area contributed by atoms with Gasteiger partial charge in [-0.25, -0.2) is 9.18 Å². The number of carbonyl (C=O) groups is 1. The first-order valence-corrected chi connectivity index (χ1v) is 4.38. The van der Waals surface area contributed by atoms with Crippen molar-refractivity contribution in [2.75, 3.05) is 5.73 Å². The number of carboxylic acid groups (broad SMARTS) is 1. The summed E-state index contributed by atoms with van der Waals surface area (Å²) in [6.45, 7) is 0. The van der Waals surface area contributed by atoms with Gasteiger partial charge in [-0.15, -0.1) is 13.2 Å². The van der Waals surface area contributed by atoms with Crippen LogP contribution in [0.4, 0.5) is 23.2 Å². The summed E-state index contributed by atoms with van der Waals surface area (Å²) in [6.07, 6.45) is -7.37. The summed E-state index contributed by atoms with van der Waals surface area (Å²) in [7, 11) is 0. The highest BCUT2D eigenvalue weighted by Gasteiger charge is 2.34. The molecular formula is C9H7F4NO4. The molecule has 0 radical (unpaired) electrons. The molecule has 1 atom stereocenters. The topological polar surface area (TPSA) is 92.8 Å². The Hall–Kier alpha value is -2.03. The lowest BCUT2D eigenvalue weighted by molar-refractivity contribution is -0.275. The fourth-order valence-electron chi connectivity index (χ4n) is 1.18. The number of benzene rings is 1. The van der Waals surface area contributed by atoms with Crippen LogP contribution in [-0.4, -0.2) is 22.5 Å². The zero-order valence-electron chi connectivity index (χ0n) is 8.53. The maximum Gasteiger partial charge on any atom is 0.573 e. The van der Waals surface area contributed by atoms with Crippen molar-refractivity contribution in [2.24, 2.45) is 0 Å². The molecule has 4 N–H and O–H groups in total. The molecule has 0 saturated heterocycles. The maximum atomic E-state index is 13.1. The van der Waals surface area contributed by atoms with Gasteiger partial charge in [-0.1, -0.05) is 6.07 Å². The van der Waals surface area contributed by atoms with Crippen LogP contribution in [0.2, 0.25) is 0 Å². The van der Waals surface area contributed by atoms with Crippen LogP contribution >= 0.6 is 0 Å². The van der Waals surface area contributed by atoms with Crippen LogP contribution < -0.4 is 10.5 Å². The van der Waals surface area contributed by atoms with Crippen LogP contribution in [-0.2, 0) is 4.79 Å². The van der Waals surface area contributed by atoms with Crippen LogP contribution in [0.25, 0.3) is 0 Å². The number of nitrogen functional groups attached to an aromatic ring is 1. The molecule has 1 rings (SSSR count). The molecule has 100 valence electrons. The number of anilines is 1. The summed E-state index contributed by atoms with van der Waals surface area (Å²) < 4.78 is 52.3. The van der Waals surface area contributed by atoms with Gasteiger partial charge in [0.2, 0.25) is 0 Å². The van der Waals surface area contributed by atoms with E-state index in [2.05, 4.69) is 4.74 Å². The van der Waals surface area contributed by atoms with E-state index in [4.69, 9.17) is 15.9 Å². The van der Waals surface area contributed by atoms with E-state index in [1.165, 1.54) is 0 Å². The first-order valence-electron chi connectivity index (χ1n) is 4.38. The molecule has 0 aliphatic rings. The second kappa shape index (κ2) is 4.69. The van der Waals surface area contributed by atoms with Crippen molar-refractivity contribution in [3.05, 3.63) is 23.5 Å². The Kier molecular flexibility index (Phi) is 3.65. The molecule has 0 saturated carbocycles. The Labute approximate surface area is 97.4 Å². The van der Waals surface area contributed by atoms with E-state index >= 15 is 0 Å². The average molecular weight is 269 g/mol. The summed E-state index contributed by atoms with van der Waals surface area (Å²) in [5.74, 6) is -4.54. The number of nitrogens with two attached hydrogens (primary N) is 1. The number of ether oxygens (including phenoxy) is 1. The number of carboxylic acids is 1. The molecule has 0 aliphatic carbocycles. The van der Waals surface area contributed by atoms with E-state index < -0.39 is 41.3 Å². The lowest BCUT2D eigenvalue weighted by Crippen LogP contribution is -2.20. The second-order valence-corrected chi connectivity index (χ2v) is 3.17. The number of aliphatic hydroxyl groups excluding tert-OH is 1. The standard InChI is InChI=1S/C9H7F4NO4/c10-4-2-1-3(6(15)8(16)17)5(14)7(4)18-9(11,12)13/h1-2,6,15H,14H2,(H,16,17). The predicted octanol–water partition coefficient (Wildman–Crippen LogP) is 1.42. The highest BCUT2D eigenvalue weighted by Crippen LogP contribution is 2.35. The molecule has 1 unspecified atom stereocenters. The van der Waals surface area contributed by atoms with Crippen molar-refractivity contribution in [1.82, 2.24) is 0 Å². The van der Waals surface area contributed by atoms with Gasteiger partial charge in [0, 0.05) is 5.56 Å². The van der Waals surface area contributed by atoms with Gasteiger partial charge >= 0.3 is 12.3 Å². The van der Waals surface area contributed by atoms with Crippen molar-refractivity contribution in [3.8, 4) is 5.75 Å². The van der Waals surface area contributed by atoms with Crippen molar-refractivity contribution >= 4 is 11.7 Å². The third kappa shape index (κ3) is 3.00. The van der Waals surface area contributed by atoms with E-state index in [9.17, 15) is 22.4 Å². The third-order valence-electron chi connectivity index (χ3n) is 1.93. The highest BCUT2D eigenvalue weighted by molar-refractivity contribution is 5.78. The Bertz CT molecular complexity index is 474. The SMILES string of the molecule is Nc1c(C(O)C(=O)O)ccc(F)c1OC(F)(F)F. The Balaban J connectivity index is 3.27. The van der Waals surface area contributed by atoms with Crippen LogP contribution in [0.5, 0.6) is 5.75 Å². The van der Waals surface area contributed by atoms with Crippen molar-refractivity contribution in [2.45, 2.75) is 12.5 Å². The van der Waals surface area contributed by atoms with Crippen molar-refractivity contribution in [1.29, 1.82) is 0 Å². The molecule has 0 heterocycles. The quantitative estimate of drug-likeness (QED) is 0.570. The number of alkyl halides is 3. The molecule has 1 aromatic rings. The van der Waals surface area contributed by atoms with E-state index in [0.29, 0.717) is 6.07 Å². The summed E-state index contributed by atoms with van der Waals surface area (Å²) in [4.78, 5) is 10.5.